The zero-order chi connectivity index (χ0) is 21.0. The quantitative estimate of drug-likeness (QED) is 0.537. The molecule has 7 nitrogen and oxygen atoms in total. The van der Waals surface area contributed by atoms with Gasteiger partial charge in [-0.3, -0.25) is 9.52 Å². The first-order chi connectivity index (χ1) is 13.8. The van der Waals surface area contributed by atoms with Crippen LogP contribution in [0.4, 0.5) is 21.5 Å². The molecule has 3 aromatic carbocycles. The molecule has 0 radical (unpaired) electrons. The molecule has 2 N–H and O–H groups in total. The number of nitroso groups, excluding NO2 is 1. The standard InChI is InChI=1S/C19H13ClFN3O4S/c20-18-9-8-16(29(27,28)24-13-6-4-12(21)5-7-13)11-17(18)19(25)22-14-2-1-3-15(10-14)23-26/h1-11,24H,(H,22,25). The summed E-state index contributed by atoms with van der Waals surface area (Å²) >= 11 is 6.06. The lowest BCUT2D eigenvalue weighted by molar-refractivity contribution is 0.102. The number of hydrogen-bond donors (Lipinski definition) is 2. The number of hydrogen-bond acceptors (Lipinski definition) is 5. The van der Waals surface area contributed by atoms with Crippen molar-refractivity contribution in [2.24, 2.45) is 5.18 Å². The van der Waals surface area contributed by atoms with Gasteiger partial charge in [-0.15, -0.1) is 4.91 Å². The molecular formula is C19H13ClFN3O4S. The number of sulfonamides is 1. The second kappa shape index (κ2) is 8.38. The van der Waals surface area contributed by atoms with Crippen molar-refractivity contribution < 1.29 is 17.6 Å². The smallest absolute Gasteiger partial charge is 0.261 e. The van der Waals surface area contributed by atoms with E-state index in [1.54, 1.807) is 0 Å². The van der Waals surface area contributed by atoms with E-state index < -0.39 is 21.7 Å². The summed E-state index contributed by atoms with van der Waals surface area (Å²) in [5, 5.41) is 5.35. The third-order valence-corrected chi connectivity index (χ3v) is 5.51. The first-order valence-corrected chi connectivity index (χ1v) is 9.97. The topological polar surface area (TPSA) is 105 Å². The Hall–Kier alpha value is -3.30. The molecule has 0 bridgehead atoms. The molecule has 3 aromatic rings. The van der Waals surface area contributed by atoms with Crippen molar-refractivity contribution in [2.75, 3.05) is 10.0 Å². The van der Waals surface area contributed by atoms with Crippen LogP contribution in [-0.4, -0.2) is 14.3 Å². The summed E-state index contributed by atoms with van der Waals surface area (Å²) < 4.78 is 40.5. The van der Waals surface area contributed by atoms with Crippen molar-refractivity contribution in [3.63, 3.8) is 0 Å². The Morgan fingerprint density at radius 2 is 1.69 bits per heavy atom. The van der Waals surface area contributed by atoms with E-state index in [-0.39, 0.29) is 26.9 Å². The number of nitrogens with one attached hydrogen (secondary N) is 2. The van der Waals surface area contributed by atoms with Crippen LogP contribution in [-0.2, 0) is 10.0 Å². The molecule has 3 rings (SSSR count). The van der Waals surface area contributed by atoms with Crippen LogP contribution in [0.15, 0.2) is 76.8 Å². The summed E-state index contributed by atoms with van der Waals surface area (Å²) in [6.45, 7) is 0. The molecule has 0 aliphatic rings. The molecule has 0 heterocycles. The average molecular weight is 434 g/mol. The van der Waals surface area contributed by atoms with Crippen LogP contribution in [0.3, 0.4) is 0 Å². The highest BCUT2D eigenvalue weighted by Gasteiger charge is 2.19. The third kappa shape index (κ3) is 4.95. The molecule has 0 aliphatic heterocycles. The molecule has 0 fully saturated rings. The molecule has 0 saturated carbocycles. The molecule has 148 valence electrons. The minimum atomic E-state index is -4.05. The largest absolute Gasteiger partial charge is 0.322 e. The van der Waals surface area contributed by atoms with Gasteiger partial charge in [0.15, 0.2) is 0 Å². The highest BCUT2D eigenvalue weighted by molar-refractivity contribution is 7.92. The SMILES string of the molecule is O=Nc1cccc(NC(=O)c2cc(S(=O)(=O)Nc3ccc(F)cc3)ccc2Cl)c1. The molecule has 0 aliphatic carbocycles. The zero-order valence-corrected chi connectivity index (χ0v) is 16.2. The number of carbonyl (C=O) groups excluding carboxylic acids is 1. The maximum absolute atomic E-state index is 13.0. The molecule has 29 heavy (non-hydrogen) atoms. The summed E-state index contributed by atoms with van der Waals surface area (Å²) in [7, 11) is -4.05. The Balaban J connectivity index is 1.87. The minimum absolute atomic E-state index is 0.0351. The van der Waals surface area contributed by atoms with Crippen molar-refractivity contribution in [1.29, 1.82) is 0 Å². The van der Waals surface area contributed by atoms with Gasteiger partial charge in [-0.25, -0.2) is 12.8 Å². The number of carbonyl (C=O) groups is 1. The fraction of sp³-hybridized carbons (Fsp3) is 0. The van der Waals surface area contributed by atoms with Crippen LogP contribution in [0.2, 0.25) is 5.02 Å². The molecule has 0 saturated heterocycles. The minimum Gasteiger partial charge on any atom is -0.322 e. The molecule has 0 spiro atoms. The van der Waals surface area contributed by atoms with E-state index in [2.05, 4.69) is 15.2 Å². The van der Waals surface area contributed by atoms with E-state index in [4.69, 9.17) is 11.6 Å². The lowest BCUT2D eigenvalue weighted by atomic mass is 10.2. The highest BCUT2D eigenvalue weighted by Crippen LogP contribution is 2.24. The number of halogens is 2. The maximum atomic E-state index is 13.0. The maximum Gasteiger partial charge on any atom is 0.261 e. The average Bonchev–Trinajstić information content (AvgIpc) is 2.69. The summed E-state index contributed by atoms with van der Waals surface area (Å²) in [5.41, 5.74) is 0.484. The number of anilines is 2. The predicted octanol–water partition coefficient (Wildman–Crippen LogP) is 4.93. The third-order valence-electron chi connectivity index (χ3n) is 3.80. The Labute approximate surface area is 170 Å². The fourth-order valence-electron chi connectivity index (χ4n) is 2.42. The number of rotatable bonds is 6. The van der Waals surface area contributed by atoms with Gasteiger partial charge in [-0.2, -0.15) is 0 Å². The van der Waals surface area contributed by atoms with Crippen molar-refractivity contribution >= 4 is 44.6 Å². The first kappa shape index (κ1) is 20.4. The summed E-state index contributed by atoms with van der Waals surface area (Å²) in [5.74, 6) is -1.18. The van der Waals surface area contributed by atoms with Crippen LogP contribution in [0.1, 0.15) is 10.4 Å². The monoisotopic (exact) mass is 433 g/mol. The Morgan fingerprint density at radius 1 is 0.966 bits per heavy atom. The molecule has 0 unspecified atom stereocenters. The second-order valence-corrected chi connectivity index (χ2v) is 7.94. The van der Waals surface area contributed by atoms with Gasteiger partial charge in [0.2, 0.25) is 0 Å². The van der Waals surface area contributed by atoms with Gasteiger partial charge >= 0.3 is 0 Å². The van der Waals surface area contributed by atoms with Gasteiger partial charge in [-0.1, -0.05) is 17.7 Å². The van der Waals surface area contributed by atoms with Gasteiger partial charge < -0.3 is 5.32 Å². The number of benzene rings is 3. The van der Waals surface area contributed by atoms with Crippen LogP contribution >= 0.6 is 11.6 Å². The van der Waals surface area contributed by atoms with Crippen LogP contribution in [0.5, 0.6) is 0 Å². The first-order valence-electron chi connectivity index (χ1n) is 8.11. The number of nitrogens with zero attached hydrogens (tertiary/aromatic N) is 1. The molecule has 0 aromatic heterocycles. The normalized spacial score (nSPS) is 11.0. The van der Waals surface area contributed by atoms with E-state index >= 15 is 0 Å². The Kier molecular flexibility index (Phi) is 5.90. The second-order valence-electron chi connectivity index (χ2n) is 5.85. The lowest BCUT2D eigenvalue weighted by Crippen LogP contribution is -2.16. The van der Waals surface area contributed by atoms with Crippen LogP contribution in [0.25, 0.3) is 0 Å². The summed E-state index contributed by atoms with van der Waals surface area (Å²) in [6.07, 6.45) is 0. The fourth-order valence-corrected chi connectivity index (χ4v) is 3.70. The predicted molar refractivity (Wildman–Crippen MR) is 109 cm³/mol. The van der Waals surface area contributed by atoms with Crippen molar-refractivity contribution in [3.8, 4) is 0 Å². The zero-order valence-electron chi connectivity index (χ0n) is 14.6. The van der Waals surface area contributed by atoms with Crippen molar-refractivity contribution in [2.45, 2.75) is 4.90 Å². The van der Waals surface area contributed by atoms with E-state index in [9.17, 15) is 22.5 Å². The molecular weight excluding hydrogens is 421 g/mol. The van der Waals surface area contributed by atoms with Gasteiger partial charge in [0.25, 0.3) is 15.9 Å². The van der Waals surface area contributed by atoms with E-state index in [0.717, 1.165) is 18.2 Å². The van der Waals surface area contributed by atoms with Crippen molar-refractivity contribution in [3.05, 3.63) is 88.0 Å². The lowest BCUT2D eigenvalue weighted by Gasteiger charge is -2.11. The summed E-state index contributed by atoms with van der Waals surface area (Å²) in [4.78, 5) is 23.0. The van der Waals surface area contributed by atoms with Gasteiger partial charge in [0.05, 0.1) is 15.5 Å². The molecule has 0 atom stereocenters. The Morgan fingerprint density at radius 3 is 2.38 bits per heavy atom. The van der Waals surface area contributed by atoms with Gasteiger partial charge in [-0.05, 0) is 65.8 Å². The van der Waals surface area contributed by atoms with Crippen LogP contribution in [0, 0.1) is 10.7 Å². The number of amides is 1. The van der Waals surface area contributed by atoms with E-state index in [1.807, 2.05) is 0 Å². The van der Waals surface area contributed by atoms with Crippen molar-refractivity contribution in [1.82, 2.24) is 0 Å². The van der Waals surface area contributed by atoms with Crippen LogP contribution < -0.4 is 10.0 Å². The van der Waals surface area contributed by atoms with E-state index in [1.165, 1.54) is 48.5 Å². The highest BCUT2D eigenvalue weighted by atomic mass is 35.5. The van der Waals surface area contributed by atoms with Gasteiger partial charge in [0.1, 0.15) is 11.5 Å². The molecule has 10 heteroatoms. The van der Waals surface area contributed by atoms with Gasteiger partial charge in [0, 0.05) is 11.4 Å². The summed E-state index contributed by atoms with van der Waals surface area (Å²) in [6, 6.07) is 14.3. The molecule has 1 amide bonds. The van der Waals surface area contributed by atoms with E-state index in [0.29, 0.717) is 5.69 Å². The Bertz CT molecular complexity index is 1180.